The topological polar surface area (TPSA) is 92.1 Å². The number of methoxy groups -OCH3 is 1. The maximum Gasteiger partial charge on any atom is 0.407 e. The molecule has 6 heteroatoms. The van der Waals surface area contributed by atoms with Crippen LogP contribution in [0.15, 0.2) is 36.4 Å². The molecule has 0 spiro atoms. The third kappa shape index (κ3) is 4.93. The first-order chi connectivity index (χ1) is 15.1. The zero-order valence-electron chi connectivity index (χ0n) is 17.8. The molecule has 0 radical (unpaired) electrons. The molecule has 0 atom stereocenters. The van der Waals surface area contributed by atoms with Crippen LogP contribution >= 0.6 is 0 Å². The van der Waals surface area contributed by atoms with Crippen LogP contribution in [0.2, 0.25) is 0 Å². The Morgan fingerprint density at radius 1 is 1.03 bits per heavy atom. The molecule has 0 aliphatic heterocycles. The Hall–Kier alpha value is -3.20. The molecule has 1 aromatic carbocycles. The summed E-state index contributed by atoms with van der Waals surface area (Å²) in [5.41, 5.74) is 4.24. The van der Waals surface area contributed by atoms with Crippen molar-refractivity contribution in [2.75, 3.05) is 7.11 Å². The number of Topliss-reactive ketones (excluding diaryl/α,β-unsaturated/α-hetero) is 1. The number of carbonyl (C=O) groups excluding carboxylic acids is 2. The number of benzene rings is 1. The van der Waals surface area contributed by atoms with E-state index in [2.05, 4.69) is 21.1 Å². The van der Waals surface area contributed by atoms with Crippen molar-refractivity contribution in [2.24, 2.45) is 5.92 Å². The van der Waals surface area contributed by atoms with Gasteiger partial charge in [-0.15, -0.1) is 0 Å². The molecule has 2 aromatic rings. The lowest BCUT2D eigenvalue weighted by Gasteiger charge is -2.28. The summed E-state index contributed by atoms with van der Waals surface area (Å²) < 4.78 is 4.62. The standard InChI is InChI=1S/C25H27N3O3/c1-31-25(30)27-15-21-12-13-22(19-8-9-19)23(28-21)24(29)20-10-6-18(7-11-20)17-4-2-16(14-26)3-5-17/h2-5,12-13,18-20H,6-11,15H2,1H3,(H,27,30). The van der Waals surface area contributed by atoms with Gasteiger partial charge in [-0.2, -0.15) is 5.26 Å². The molecule has 0 unspecified atom stereocenters. The fraction of sp³-hybridized carbons (Fsp3) is 0.440. The van der Waals surface area contributed by atoms with Gasteiger partial charge in [0.2, 0.25) is 0 Å². The summed E-state index contributed by atoms with van der Waals surface area (Å²) in [5.74, 6) is 0.996. The number of amides is 1. The third-order valence-corrected chi connectivity index (χ3v) is 6.44. The summed E-state index contributed by atoms with van der Waals surface area (Å²) in [7, 11) is 1.32. The highest BCUT2D eigenvalue weighted by Gasteiger charge is 2.34. The van der Waals surface area contributed by atoms with Crippen LogP contribution in [0.3, 0.4) is 0 Å². The molecule has 160 valence electrons. The number of nitriles is 1. The van der Waals surface area contributed by atoms with Crippen LogP contribution in [-0.2, 0) is 11.3 Å². The van der Waals surface area contributed by atoms with Crippen molar-refractivity contribution in [3.8, 4) is 6.07 Å². The Morgan fingerprint density at radius 3 is 2.32 bits per heavy atom. The highest BCUT2D eigenvalue weighted by molar-refractivity contribution is 5.97. The van der Waals surface area contributed by atoms with Crippen LogP contribution in [-0.4, -0.2) is 24.0 Å². The maximum absolute atomic E-state index is 13.4. The largest absolute Gasteiger partial charge is 0.453 e. The smallest absolute Gasteiger partial charge is 0.407 e. The first-order valence-corrected chi connectivity index (χ1v) is 10.9. The van der Waals surface area contributed by atoms with E-state index in [9.17, 15) is 9.59 Å². The Morgan fingerprint density at radius 2 is 1.71 bits per heavy atom. The summed E-state index contributed by atoms with van der Waals surface area (Å²) >= 11 is 0. The van der Waals surface area contributed by atoms with Gasteiger partial charge < -0.3 is 10.1 Å². The number of ketones is 1. The maximum atomic E-state index is 13.4. The molecular weight excluding hydrogens is 390 g/mol. The molecule has 1 amide bonds. The van der Waals surface area contributed by atoms with E-state index in [1.807, 2.05) is 36.4 Å². The van der Waals surface area contributed by atoms with Crippen LogP contribution < -0.4 is 5.32 Å². The van der Waals surface area contributed by atoms with Gasteiger partial charge in [0.15, 0.2) is 5.78 Å². The lowest BCUT2D eigenvalue weighted by Crippen LogP contribution is -2.25. The Labute approximate surface area is 182 Å². The number of alkyl carbamates (subject to hydrolysis) is 1. The molecule has 1 N–H and O–H groups in total. The number of nitrogens with zero attached hydrogens (tertiary/aromatic N) is 2. The zero-order valence-corrected chi connectivity index (χ0v) is 17.8. The average molecular weight is 418 g/mol. The fourth-order valence-electron chi connectivity index (χ4n) is 4.48. The minimum Gasteiger partial charge on any atom is -0.453 e. The van der Waals surface area contributed by atoms with E-state index in [1.54, 1.807) is 0 Å². The summed E-state index contributed by atoms with van der Waals surface area (Å²) in [5, 5.41) is 11.6. The second-order valence-corrected chi connectivity index (χ2v) is 8.51. The van der Waals surface area contributed by atoms with Crippen LogP contribution in [0.5, 0.6) is 0 Å². The van der Waals surface area contributed by atoms with Crippen LogP contribution in [0.25, 0.3) is 0 Å². The van der Waals surface area contributed by atoms with Gasteiger partial charge in [0.25, 0.3) is 0 Å². The molecule has 2 saturated carbocycles. The van der Waals surface area contributed by atoms with E-state index in [4.69, 9.17) is 5.26 Å². The number of ether oxygens (including phenoxy) is 1. The number of rotatable bonds is 6. The summed E-state index contributed by atoms with van der Waals surface area (Å²) in [6.45, 7) is 0.239. The van der Waals surface area contributed by atoms with Gasteiger partial charge in [-0.05, 0) is 79.7 Å². The number of hydrogen-bond acceptors (Lipinski definition) is 5. The van der Waals surface area contributed by atoms with Crippen LogP contribution in [0.1, 0.15) is 83.2 Å². The molecule has 31 heavy (non-hydrogen) atoms. The van der Waals surface area contributed by atoms with E-state index in [-0.39, 0.29) is 18.2 Å². The quantitative estimate of drug-likeness (QED) is 0.679. The Balaban J connectivity index is 1.44. The Kier molecular flexibility index (Phi) is 6.31. The van der Waals surface area contributed by atoms with Crippen molar-refractivity contribution in [3.63, 3.8) is 0 Å². The first kappa shape index (κ1) is 21.0. The van der Waals surface area contributed by atoms with Crippen molar-refractivity contribution >= 4 is 11.9 Å². The summed E-state index contributed by atoms with van der Waals surface area (Å²) in [6.07, 6.45) is 5.32. The second kappa shape index (κ2) is 9.30. The molecular formula is C25H27N3O3. The van der Waals surface area contributed by atoms with Gasteiger partial charge >= 0.3 is 6.09 Å². The molecule has 1 aromatic heterocycles. The van der Waals surface area contributed by atoms with E-state index < -0.39 is 6.09 Å². The predicted octanol–water partition coefficient (Wildman–Crippen LogP) is 4.84. The molecule has 2 aliphatic rings. The predicted molar refractivity (Wildman–Crippen MR) is 116 cm³/mol. The minimum atomic E-state index is -0.512. The monoisotopic (exact) mass is 417 g/mol. The average Bonchev–Trinajstić information content (AvgIpc) is 3.67. The van der Waals surface area contributed by atoms with Gasteiger partial charge in [-0.3, -0.25) is 4.79 Å². The van der Waals surface area contributed by atoms with E-state index in [1.165, 1.54) is 12.7 Å². The summed E-state index contributed by atoms with van der Waals surface area (Å²) in [6, 6.07) is 13.9. The van der Waals surface area contributed by atoms with Gasteiger partial charge in [-0.1, -0.05) is 18.2 Å². The lowest BCUT2D eigenvalue weighted by molar-refractivity contribution is 0.0877. The zero-order chi connectivity index (χ0) is 21.8. The molecule has 0 saturated heterocycles. The molecule has 2 fully saturated rings. The van der Waals surface area contributed by atoms with Gasteiger partial charge in [-0.25, -0.2) is 9.78 Å². The molecule has 1 heterocycles. The number of nitrogens with one attached hydrogen (secondary N) is 1. The second-order valence-electron chi connectivity index (χ2n) is 8.51. The van der Waals surface area contributed by atoms with Crippen molar-refractivity contribution < 1.29 is 14.3 Å². The SMILES string of the molecule is COC(=O)NCc1ccc(C2CC2)c(C(=O)C2CCC(c3ccc(C#N)cc3)CC2)n1. The van der Waals surface area contributed by atoms with Crippen molar-refractivity contribution in [1.82, 2.24) is 10.3 Å². The summed E-state index contributed by atoms with van der Waals surface area (Å²) in [4.78, 5) is 29.5. The number of hydrogen-bond donors (Lipinski definition) is 1. The third-order valence-electron chi connectivity index (χ3n) is 6.44. The normalized spacial score (nSPS) is 20.5. The van der Waals surface area contributed by atoms with Crippen molar-refractivity contribution in [3.05, 3.63) is 64.5 Å². The minimum absolute atomic E-state index is 0.0107. The van der Waals surface area contributed by atoms with Gasteiger partial charge in [0.1, 0.15) is 5.69 Å². The molecule has 4 rings (SSSR count). The van der Waals surface area contributed by atoms with E-state index >= 15 is 0 Å². The number of pyridine rings is 1. The molecule has 6 nitrogen and oxygen atoms in total. The van der Waals surface area contributed by atoms with E-state index in [0.717, 1.165) is 44.1 Å². The van der Waals surface area contributed by atoms with Gasteiger partial charge in [0.05, 0.1) is 31.0 Å². The lowest BCUT2D eigenvalue weighted by atomic mass is 9.76. The first-order valence-electron chi connectivity index (χ1n) is 10.9. The fourth-order valence-corrected chi connectivity index (χ4v) is 4.48. The van der Waals surface area contributed by atoms with Crippen molar-refractivity contribution in [1.29, 1.82) is 5.26 Å². The van der Waals surface area contributed by atoms with Crippen LogP contribution in [0.4, 0.5) is 4.79 Å². The number of aromatic nitrogens is 1. The highest BCUT2D eigenvalue weighted by Crippen LogP contribution is 2.43. The van der Waals surface area contributed by atoms with Gasteiger partial charge in [0, 0.05) is 5.92 Å². The highest BCUT2D eigenvalue weighted by atomic mass is 16.5. The van der Waals surface area contributed by atoms with Crippen molar-refractivity contribution in [2.45, 2.75) is 56.9 Å². The molecule has 0 bridgehead atoms. The Bertz CT molecular complexity index is 998. The van der Waals surface area contributed by atoms with Crippen LogP contribution in [0, 0.1) is 17.2 Å². The van der Waals surface area contributed by atoms with E-state index in [0.29, 0.717) is 28.8 Å². The molecule has 2 aliphatic carbocycles. The number of carbonyl (C=O) groups is 2.